The topological polar surface area (TPSA) is 46.2 Å². The fraction of sp³-hybridized carbons (Fsp3) is 0.769. The van der Waals surface area contributed by atoms with Gasteiger partial charge in [-0.2, -0.15) is 0 Å². The molecule has 0 aromatic rings. The van der Waals surface area contributed by atoms with Crippen molar-refractivity contribution in [2.75, 3.05) is 12.3 Å². The van der Waals surface area contributed by atoms with Crippen molar-refractivity contribution in [3.63, 3.8) is 0 Å². The van der Waals surface area contributed by atoms with E-state index < -0.39 is 10.0 Å². The van der Waals surface area contributed by atoms with Gasteiger partial charge in [0.05, 0.1) is 5.75 Å². The Morgan fingerprint density at radius 1 is 1.12 bits per heavy atom. The summed E-state index contributed by atoms with van der Waals surface area (Å²) < 4.78 is 25.1. The van der Waals surface area contributed by atoms with E-state index in [0.29, 0.717) is 6.54 Å². The SMILES string of the molecule is C=CCS(=O)(=O)NCCCCC[CH]CCCC. The Bertz CT molecular complexity index is 273. The highest BCUT2D eigenvalue weighted by Crippen LogP contribution is 2.06. The fourth-order valence-electron chi connectivity index (χ4n) is 1.52. The van der Waals surface area contributed by atoms with Crippen LogP contribution in [0, 0.1) is 6.42 Å². The van der Waals surface area contributed by atoms with Gasteiger partial charge in [-0.1, -0.05) is 51.5 Å². The Balaban J connectivity index is 3.26. The molecule has 1 radical (unpaired) electrons. The minimum Gasteiger partial charge on any atom is -0.215 e. The molecule has 0 unspecified atom stereocenters. The molecule has 3 nitrogen and oxygen atoms in total. The fourth-order valence-corrected chi connectivity index (χ4v) is 2.41. The first-order valence-electron chi connectivity index (χ1n) is 6.52. The first-order valence-corrected chi connectivity index (χ1v) is 8.17. The molecule has 101 valence electrons. The molecule has 0 aromatic carbocycles. The summed E-state index contributed by atoms with van der Waals surface area (Å²) in [6, 6.07) is 0. The maximum Gasteiger partial charge on any atom is 0.215 e. The van der Waals surface area contributed by atoms with E-state index in [1.807, 2.05) is 0 Å². The summed E-state index contributed by atoms with van der Waals surface area (Å²) in [7, 11) is -3.11. The van der Waals surface area contributed by atoms with Crippen LogP contribution >= 0.6 is 0 Å². The summed E-state index contributed by atoms with van der Waals surface area (Å²) in [5, 5.41) is 0. The molecular weight excluding hydrogens is 234 g/mol. The van der Waals surface area contributed by atoms with Crippen molar-refractivity contribution in [2.24, 2.45) is 0 Å². The Labute approximate surface area is 107 Å². The monoisotopic (exact) mass is 260 g/mol. The molecule has 0 spiro atoms. The molecule has 0 rings (SSSR count). The number of sulfonamides is 1. The Morgan fingerprint density at radius 3 is 2.47 bits per heavy atom. The van der Waals surface area contributed by atoms with Crippen LogP contribution in [0.5, 0.6) is 0 Å². The zero-order valence-corrected chi connectivity index (χ0v) is 11.8. The molecule has 0 aromatic heterocycles. The molecule has 0 bridgehead atoms. The second-order valence-corrected chi connectivity index (χ2v) is 6.10. The van der Waals surface area contributed by atoms with E-state index in [2.05, 4.69) is 24.6 Å². The van der Waals surface area contributed by atoms with Gasteiger partial charge in [0.15, 0.2) is 0 Å². The number of rotatable bonds is 12. The number of unbranched alkanes of at least 4 members (excludes halogenated alkanes) is 7. The summed E-state index contributed by atoms with van der Waals surface area (Å²) in [5.74, 6) is 0.0117. The standard InChI is InChI=1S/C13H26NO2S/c1-3-5-6-7-8-9-10-11-12-14-17(15,16)13-4-2/h4,7,14H,2-3,5-6,8-13H2,1H3. The maximum absolute atomic E-state index is 11.2. The second-order valence-electron chi connectivity index (χ2n) is 4.24. The highest BCUT2D eigenvalue weighted by atomic mass is 32.2. The van der Waals surface area contributed by atoms with E-state index >= 15 is 0 Å². The molecular formula is C13H26NO2S. The second kappa shape index (κ2) is 10.8. The van der Waals surface area contributed by atoms with E-state index in [9.17, 15) is 8.42 Å². The van der Waals surface area contributed by atoms with Crippen molar-refractivity contribution in [1.29, 1.82) is 0 Å². The molecule has 1 N–H and O–H groups in total. The molecule has 0 saturated carbocycles. The Kier molecular flexibility index (Phi) is 10.6. The quantitative estimate of drug-likeness (QED) is 0.433. The van der Waals surface area contributed by atoms with Crippen molar-refractivity contribution < 1.29 is 8.42 Å². The Morgan fingerprint density at radius 2 is 1.82 bits per heavy atom. The average molecular weight is 260 g/mol. The summed E-state index contributed by atoms with van der Waals surface area (Å²) >= 11 is 0. The molecule has 0 heterocycles. The third-order valence-corrected chi connectivity index (χ3v) is 3.82. The lowest BCUT2D eigenvalue weighted by atomic mass is 10.1. The minimum atomic E-state index is -3.11. The number of hydrogen-bond donors (Lipinski definition) is 1. The lowest BCUT2D eigenvalue weighted by molar-refractivity contribution is 0.576. The van der Waals surface area contributed by atoms with Crippen molar-refractivity contribution in [1.82, 2.24) is 4.72 Å². The third-order valence-electron chi connectivity index (χ3n) is 2.51. The van der Waals surface area contributed by atoms with Gasteiger partial charge in [0.2, 0.25) is 10.0 Å². The van der Waals surface area contributed by atoms with Gasteiger partial charge >= 0.3 is 0 Å². The van der Waals surface area contributed by atoms with Gasteiger partial charge in [0.25, 0.3) is 0 Å². The Hall–Kier alpha value is -0.350. The predicted octanol–water partition coefficient (Wildman–Crippen LogP) is 3.05. The normalized spacial score (nSPS) is 11.6. The van der Waals surface area contributed by atoms with Crippen LogP contribution in [-0.2, 0) is 10.0 Å². The van der Waals surface area contributed by atoms with E-state index in [4.69, 9.17) is 0 Å². The summed E-state index contributed by atoms with van der Waals surface area (Å²) in [4.78, 5) is 0. The average Bonchev–Trinajstić information content (AvgIpc) is 2.27. The molecule has 0 saturated heterocycles. The molecule has 0 aliphatic heterocycles. The van der Waals surface area contributed by atoms with Gasteiger partial charge in [-0.05, 0) is 12.8 Å². The van der Waals surface area contributed by atoms with Crippen LogP contribution in [0.2, 0.25) is 0 Å². The third kappa shape index (κ3) is 11.9. The summed E-state index contributed by atoms with van der Waals surface area (Å²) in [6.45, 7) is 6.16. The largest absolute Gasteiger partial charge is 0.215 e. The lowest BCUT2D eigenvalue weighted by Gasteiger charge is -2.04. The molecule has 4 heteroatoms. The van der Waals surface area contributed by atoms with Gasteiger partial charge < -0.3 is 0 Å². The zero-order chi connectivity index (χ0) is 13.0. The van der Waals surface area contributed by atoms with E-state index in [1.54, 1.807) is 0 Å². The summed E-state index contributed by atoms with van der Waals surface area (Å²) in [5.41, 5.74) is 0. The van der Waals surface area contributed by atoms with Crippen LogP contribution in [0.4, 0.5) is 0 Å². The molecule has 17 heavy (non-hydrogen) atoms. The maximum atomic E-state index is 11.2. The molecule has 0 amide bonds. The minimum absolute atomic E-state index is 0.0117. The summed E-state index contributed by atoms with van der Waals surface area (Å²) in [6.07, 6.45) is 11.8. The van der Waals surface area contributed by atoms with E-state index in [0.717, 1.165) is 25.7 Å². The molecule has 0 aliphatic rings. The van der Waals surface area contributed by atoms with Crippen LogP contribution in [0.15, 0.2) is 12.7 Å². The lowest BCUT2D eigenvalue weighted by Crippen LogP contribution is -2.26. The van der Waals surface area contributed by atoms with Crippen molar-refractivity contribution in [3.8, 4) is 0 Å². The van der Waals surface area contributed by atoms with E-state index in [-0.39, 0.29) is 5.75 Å². The highest BCUT2D eigenvalue weighted by molar-refractivity contribution is 7.89. The first kappa shape index (κ1) is 16.6. The predicted molar refractivity (Wildman–Crippen MR) is 74.3 cm³/mol. The van der Waals surface area contributed by atoms with E-state index in [1.165, 1.54) is 25.3 Å². The first-order chi connectivity index (χ1) is 8.12. The van der Waals surface area contributed by atoms with Crippen LogP contribution in [0.25, 0.3) is 0 Å². The van der Waals surface area contributed by atoms with Crippen LogP contribution < -0.4 is 4.72 Å². The highest BCUT2D eigenvalue weighted by Gasteiger charge is 2.05. The van der Waals surface area contributed by atoms with Gasteiger partial charge in [-0.15, -0.1) is 6.58 Å². The zero-order valence-electron chi connectivity index (χ0n) is 11.0. The van der Waals surface area contributed by atoms with Crippen LogP contribution in [-0.4, -0.2) is 20.7 Å². The van der Waals surface area contributed by atoms with Crippen LogP contribution in [0.3, 0.4) is 0 Å². The van der Waals surface area contributed by atoms with Gasteiger partial charge in [0, 0.05) is 6.54 Å². The van der Waals surface area contributed by atoms with Crippen LogP contribution in [0.1, 0.15) is 51.9 Å². The molecule has 0 fully saturated rings. The van der Waals surface area contributed by atoms with Crippen molar-refractivity contribution in [3.05, 3.63) is 19.1 Å². The van der Waals surface area contributed by atoms with Gasteiger partial charge in [-0.3, -0.25) is 0 Å². The molecule has 0 atom stereocenters. The smallest absolute Gasteiger partial charge is 0.215 e. The van der Waals surface area contributed by atoms with Crippen molar-refractivity contribution in [2.45, 2.75) is 51.9 Å². The van der Waals surface area contributed by atoms with Gasteiger partial charge in [0.1, 0.15) is 0 Å². The molecule has 0 aliphatic carbocycles. The van der Waals surface area contributed by atoms with Gasteiger partial charge in [-0.25, -0.2) is 13.1 Å². The number of hydrogen-bond acceptors (Lipinski definition) is 2. The van der Waals surface area contributed by atoms with Crippen molar-refractivity contribution >= 4 is 10.0 Å². The number of nitrogens with one attached hydrogen (secondary N) is 1.